The first-order valence-corrected chi connectivity index (χ1v) is 5.51. The van der Waals surface area contributed by atoms with E-state index >= 15 is 0 Å². The molecule has 1 heterocycles. The Bertz CT molecular complexity index is 501. The number of hydrogen-bond acceptors (Lipinski definition) is 4. The van der Waals surface area contributed by atoms with Crippen LogP contribution in [-0.2, 0) is 5.75 Å². The minimum Gasteiger partial charge on any atom is -0.340 e. The summed E-state index contributed by atoms with van der Waals surface area (Å²) in [5.74, 6) is -0.218. The Morgan fingerprint density at radius 2 is 2.12 bits per heavy atom. The summed E-state index contributed by atoms with van der Waals surface area (Å²) in [6.45, 7) is 1.69. The Hall–Kier alpha value is -1.43. The smallest absolute Gasteiger partial charge is 0.223 e. The molecule has 0 saturated carbocycles. The highest BCUT2D eigenvalue weighted by atomic mass is 32.2. The van der Waals surface area contributed by atoms with Gasteiger partial charge in [-0.1, -0.05) is 5.16 Å². The van der Waals surface area contributed by atoms with E-state index in [1.165, 1.54) is 17.8 Å². The molecule has 0 aliphatic carbocycles. The number of nitrogens with zero attached hydrogens (tertiary/aromatic N) is 2. The summed E-state index contributed by atoms with van der Waals surface area (Å²) in [6.07, 6.45) is 0. The van der Waals surface area contributed by atoms with Crippen LogP contribution in [0.5, 0.6) is 0 Å². The number of rotatable bonds is 3. The lowest BCUT2D eigenvalue weighted by Crippen LogP contribution is -1.86. The number of aromatic nitrogens is 2. The van der Waals surface area contributed by atoms with E-state index in [0.29, 0.717) is 22.4 Å². The average molecular weight is 242 g/mol. The number of benzene rings is 1. The largest absolute Gasteiger partial charge is 0.340 e. The van der Waals surface area contributed by atoms with Gasteiger partial charge in [0.15, 0.2) is 17.5 Å². The van der Waals surface area contributed by atoms with Gasteiger partial charge >= 0.3 is 0 Å². The molecule has 2 aromatic rings. The van der Waals surface area contributed by atoms with Gasteiger partial charge in [-0.3, -0.25) is 0 Å². The van der Waals surface area contributed by atoms with Gasteiger partial charge in [-0.2, -0.15) is 4.98 Å². The highest BCUT2D eigenvalue weighted by Crippen LogP contribution is 2.23. The van der Waals surface area contributed by atoms with E-state index in [0.717, 1.165) is 12.1 Å². The maximum atomic E-state index is 12.9. The van der Waals surface area contributed by atoms with Crippen molar-refractivity contribution >= 4 is 11.8 Å². The first-order chi connectivity index (χ1) is 7.65. The summed E-state index contributed by atoms with van der Waals surface area (Å²) in [6, 6.07) is 3.75. The van der Waals surface area contributed by atoms with E-state index in [4.69, 9.17) is 4.52 Å². The molecule has 0 unspecified atom stereocenters. The molecule has 16 heavy (non-hydrogen) atoms. The minimum atomic E-state index is -0.853. The molecule has 0 radical (unpaired) electrons. The zero-order valence-electron chi connectivity index (χ0n) is 8.41. The fourth-order valence-electron chi connectivity index (χ4n) is 1.11. The van der Waals surface area contributed by atoms with Crippen molar-refractivity contribution in [2.24, 2.45) is 0 Å². The predicted molar refractivity (Wildman–Crippen MR) is 55.0 cm³/mol. The van der Waals surface area contributed by atoms with Crippen molar-refractivity contribution in [2.75, 3.05) is 0 Å². The van der Waals surface area contributed by atoms with Crippen LogP contribution in [-0.4, -0.2) is 10.1 Å². The Morgan fingerprint density at radius 3 is 2.75 bits per heavy atom. The summed E-state index contributed by atoms with van der Waals surface area (Å²) >= 11 is 1.32. The van der Waals surface area contributed by atoms with Crippen molar-refractivity contribution in [3.63, 3.8) is 0 Å². The molecule has 0 bridgehead atoms. The van der Waals surface area contributed by atoms with Crippen molar-refractivity contribution in [3.8, 4) is 0 Å². The molecule has 1 aromatic carbocycles. The number of thioether (sulfide) groups is 1. The summed E-state index contributed by atoms with van der Waals surface area (Å²) in [5, 5.41) is 3.70. The van der Waals surface area contributed by atoms with Crippen LogP contribution in [0, 0.1) is 18.6 Å². The monoisotopic (exact) mass is 242 g/mol. The maximum absolute atomic E-state index is 12.9. The molecule has 0 saturated heterocycles. The van der Waals surface area contributed by atoms with Gasteiger partial charge in [0.1, 0.15) is 0 Å². The maximum Gasteiger partial charge on any atom is 0.223 e. The average Bonchev–Trinajstić information content (AvgIpc) is 2.66. The lowest BCUT2D eigenvalue weighted by molar-refractivity contribution is 0.389. The molecule has 0 aliphatic rings. The molecule has 0 spiro atoms. The van der Waals surface area contributed by atoms with Gasteiger partial charge in [0, 0.05) is 11.8 Å². The molecule has 0 N–H and O–H groups in total. The molecular formula is C10H8F2N2OS. The van der Waals surface area contributed by atoms with Gasteiger partial charge in [0.05, 0.1) is 5.75 Å². The van der Waals surface area contributed by atoms with Crippen LogP contribution >= 0.6 is 11.8 Å². The normalized spacial score (nSPS) is 10.7. The van der Waals surface area contributed by atoms with Gasteiger partial charge in [-0.15, -0.1) is 11.8 Å². The van der Waals surface area contributed by atoms with Crippen molar-refractivity contribution in [3.05, 3.63) is 41.5 Å². The van der Waals surface area contributed by atoms with E-state index in [2.05, 4.69) is 10.1 Å². The number of hydrogen-bond donors (Lipinski definition) is 0. The second kappa shape index (κ2) is 4.61. The molecule has 84 valence electrons. The van der Waals surface area contributed by atoms with Gasteiger partial charge < -0.3 is 4.52 Å². The summed E-state index contributed by atoms with van der Waals surface area (Å²) in [7, 11) is 0. The van der Waals surface area contributed by atoms with Crippen molar-refractivity contribution in [2.45, 2.75) is 17.6 Å². The molecular weight excluding hydrogens is 234 g/mol. The van der Waals surface area contributed by atoms with Crippen LogP contribution < -0.4 is 0 Å². The first kappa shape index (κ1) is 11.1. The van der Waals surface area contributed by atoms with Crippen LogP contribution in [0.25, 0.3) is 0 Å². The number of halogens is 2. The van der Waals surface area contributed by atoms with Gasteiger partial charge in [0.2, 0.25) is 5.89 Å². The third-order valence-electron chi connectivity index (χ3n) is 1.83. The third kappa shape index (κ3) is 2.57. The van der Waals surface area contributed by atoms with Crippen LogP contribution in [0.2, 0.25) is 0 Å². The molecule has 2 rings (SSSR count). The van der Waals surface area contributed by atoms with Crippen LogP contribution in [0.1, 0.15) is 11.7 Å². The molecule has 0 aliphatic heterocycles. The Kier molecular flexibility index (Phi) is 3.19. The highest BCUT2D eigenvalue weighted by molar-refractivity contribution is 7.98. The van der Waals surface area contributed by atoms with E-state index in [1.54, 1.807) is 6.92 Å². The van der Waals surface area contributed by atoms with Crippen molar-refractivity contribution in [1.82, 2.24) is 10.1 Å². The Labute approximate surface area is 94.9 Å². The lowest BCUT2D eigenvalue weighted by atomic mass is 10.3. The van der Waals surface area contributed by atoms with E-state index < -0.39 is 11.6 Å². The zero-order valence-corrected chi connectivity index (χ0v) is 9.22. The van der Waals surface area contributed by atoms with E-state index in [1.807, 2.05) is 0 Å². The van der Waals surface area contributed by atoms with Gasteiger partial charge in [-0.25, -0.2) is 8.78 Å². The van der Waals surface area contributed by atoms with Crippen molar-refractivity contribution in [1.29, 1.82) is 0 Å². The molecule has 3 nitrogen and oxygen atoms in total. The molecule has 0 amide bonds. The lowest BCUT2D eigenvalue weighted by Gasteiger charge is -1.99. The fraction of sp³-hybridized carbons (Fsp3) is 0.200. The molecule has 0 atom stereocenters. The topological polar surface area (TPSA) is 38.9 Å². The SMILES string of the molecule is Cc1nc(CSc2ccc(F)c(F)c2)no1. The fourth-order valence-corrected chi connectivity index (χ4v) is 1.88. The van der Waals surface area contributed by atoms with E-state index in [-0.39, 0.29) is 0 Å². The van der Waals surface area contributed by atoms with Gasteiger partial charge in [-0.05, 0) is 18.2 Å². The molecule has 0 fully saturated rings. The standard InChI is InChI=1S/C10H8F2N2OS/c1-6-13-10(14-15-6)5-16-7-2-3-8(11)9(12)4-7/h2-4H,5H2,1H3. The zero-order chi connectivity index (χ0) is 11.5. The Morgan fingerprint density at radius 1 is 1.31 bits per heavy atom. The highest BCUT2D eigenvalue weighted by Gasteiger charge is 2.06. The van der Waals surface area contributed by atoms with Crippen LogP contribution in [0.3, 0.4) is 0 Å². The number of aryl methyl sites for hydroxylation is 1. The molecule has 1 aromatic heterocycles. The summed E-state index contributed by atoms with van der Waals surface area (Å²) in [4.78, 5) is 4.63. The second-order valence-corrected chi connectivity index (χ2v) is 4.14. The van der Waals surface area contributed by atoms with Crippen LogP contribution in [0.4, 0.5) is 8.78 Å². The predicted octanol–water partition coefficient (Wildman–Crippen LogP) is 2.95. The van der Waals surface area contributed by atoms with Crippen molar-refractivity contribution < 1.29 is 13.3 Å². The minimum absolute atomic E-state index is 0.461. The Balaban J connectivity index is 2.02. The van der Waals surface area contributed by atoms with E-state index in [9.17, 15) is 8.78 Å². The summed E-state index contributed by atoms with van der Waals surface area (Å²) < 4.78 is 30.3. The summed E-state index contributed by atoms with van der Waals surface area (Å²) in [5.41, 5.74) is 0. The van der Waals surface area contributed by atoms with Crippen LogP contribution in [0.15, 0.2) is 27.6 Å². The first-order valence-electron chi connectivity index (χ1n) is 4.52. The quantitative estimate of drug-likeness (QED) is 0.776. The molecule has 6 heteroatoms. The third-order valence-corrected chi connectivity index (χ3v) is 2.82. The second-order valence-electron chi connectivity index (χ2n) is 3.09. The van der Waals surface area contributed by atoms with Gasteiger partial charge in [0.25, 0.3) is 0 Å².